The van der Waals surface area contributed by atoms with Crippen molar-refractivity contribution in [3.63, 3.8) is 0 Å². The number of carbonyl (C=O) groups excluding carboxylic acids is 2. The van der Waals surface area contributed by atoms with Crippen LogP contribution in [0.1, 0.15) is 50.6 Å². The zero-order valence-corrected chi connectivity index (χ0v) is 19.1. The third kappa shape index (κ3) is 5.40. The van der Waals surface area contributed by atoms with E-state index in [4.69, 9.17) is 0 Å². The van der Waals surface area contributed by atoms with Crippen LogP contribution in [0.2, 0.25) is 0 Å². The Hall–Kier alpha value is -3.06. The lowest BCUT2D eigenvalue weighted by Crippen LogP contribution is -2.39. The van der Waals surface area contributed by atoms with Gasteiger partial charge in [0.2, 0.25) is 16.9 Å². The van der Waals surface area contributed by atoms with Gasteiger partial charge in [-0.3, -0.25) is 9.59 Å². The minimum atomic E-state index is -0.162. The van der Waals surface area contributed by atoms with E-state index in [2.05, 4.69) is 15.5 Å². The summed E-state index contributed by atoms with van der Waals surface area (Å²) in [6.07, 6.45) is 4.30. The highest BCUT2D eigenvalue weighted by molar-refractivity contribution is 7.18. The van der Waals surface area contributed by atoms with Crippen molar-refractivity contribution in [1.29, 1.82) is 0 Å². The van der Waals surface area contributed by atoms with Crippen LogP contribution in [0.25, 0.3) is 10.6 Å². The number of carbonyl (C=O) groups is 2. The lowest BCUT2D eigenvalue weighted by molar-refractivity contribution is -0.138. The molecule has 1 N–H and O–H groups in total. The number of hydrogen-bond donors (Lipinski definition) is 1. The van der Waals surface area contributed by atoms with E-state index in [0.717, 1.165) is 41.8 Å². The normalized spacial score (nSPS) is 14.8. The number of anilines is 1. The Morgan fingerprint density at radius 1 is 1.03 bits per heavy atom. The predicted octanol–water partition coefficient (Wildman–Crippen LogP) is 5.31. The second-order valence-corrected chi connectivity index (χ2v) is 9.15. The third-order valence-electron chi connectivity index (χ3n) is 6.01. The van der Waals surface area contributed by atoms with Crippen LogP contribution in [0.3, 0.4) is 0 Å². The van der Waals surface area contributed by atoms with Crippen molar-refractivity contribution < 1.29 is 9.59 Å². The van der Waals surface area contributed by atoms with E-state index < -0.39 is 0 Å². The van der Waals surface area contributed by atoms with Gasteiger partial charge in [0, 0.05) is 24.4 Å². The van der Waals surface area contributed by atoms with E-state index in [-0.39, 0.29) is 30.2 Å². The average Bonchev–Trinajstić information content (AvgIpc) is 3.53. The van der Waals surface area contributed by atoms with Crippen LogP contribution < -0.4 is 5.32 Å². The molecule has 1 fully saturated rings. The maximum atomic E-state index is 13.3. The summed E-state index contributed by atoms with van der Waals surface area (Å²) in [4.78, 5) is 27.8. The van der Waals surface area contributed by atoms with Crippen LogP contribution in [-0.2, 0) is 9.59 Å². The van der Waals surface area contributed by atoms with E-state index in [0.29, 0.717) is 11.7 Å². The molecule has 166 valence electrons. The highest BCUT2D eigenvalue weighted by Gasteiger charge is 2.30. The Labute approximate surface area is 192 Å². The van der Waals surface area contributed by atoms with Gasteiger partial charge in [-0.1, -0.05) is 84.8 Å². The molecule has 2 aromatic carbocycles. The predicted molar refractivity (Wildman–Crippen MR) is 127 cm³/mol. The summed E-state index contributed by atoms with van der Waals surface area (Å²) in [6, 6.07) is 19.7. The van der Waals surface area contributed by atoms with Crippen molar-refractivity contribution in [2.24, 2.45) is 5.92 Å². The van der Waals surface area contributed by atoms with Gasteiger partial charge in [-0.15, -0.1) is 10.2 Å². The Bertz CT molecular complexity index is 1030. The fraction of sp³-hybridized carbons (Fsp3) is 0.360. The molecule has 1 aliphatic rings. The average molecular weight is 449 g/mol. The van der Waals surface area contributed by atoms with Crippen LogP contribution in [0.5, 0.6) is 0 Å². The quantitative estimate of drug-likeness (QED) is 0.506. The maximum Gasteiger partial charge on any atom is 0.227 e. The summed E-state index contributed by atoms with van der Waals surface area (Å²) in [5, 5.41) is 12.3. The van der Waals surface area contributed by atoms with E-state index in [9.17, 15) is 9.59 Å². The van der Waals surface area contributed by atoms with Gasteiger partial charge in [-0.2, -0.15) is 0 Å². The van der Waals surface area contributed by atoms with Gasteiger partial charge in [0.05, 0.1) is 6.04 Å². The van der Waals surface area contributed by atoms with E-state index in [1.807, 2.05) is 72.5 Å². The van der Waals surface area contributed by atoms with Crippen molar-refractivity contribution in [3.05, 3.63) is 66.2 Å². The molecule has 6 nitrogen and oxygen atoms in total. The van der Waals surface area contributed by atoms with Crippen molar-refractivity contribution in [1.82, 2.24) is 15.1 Å². The Morgan fingerprint density at radius 2 is 1.69 bits per heavy atom. The molecule has 0 radical (unpaired) electrons. The first kappa shape index (κ1) is 22.1. The molecule has 2 amide bonds. The number of nitrogens with one attached hydrogen (secondary N) is 1. The SMILES string of the molecule is C[C@@H](c1ccccc1)N(CCC(=O)Nc1nnc(-c2ccccc2)s1)C(=O)C1CCCC1. The molecule has 0 unspecified atom stereocenters. The van der Waals surface area contributed by atoms with Crippen molar-refractivity contribution >= 4 is 28.3 Å². The third-order valence-corrected chi connectivity index (χ3v) is 6.90. The maximum absolute atomic E-state index is 13.3. The zero-order valence-electron chi connectivity index (χ0n) is 18.2. The molecule has 0 saturated heterocycles. The molecular weight excluding hydrogens is 420 g/mol. The van der Waals surface area contributed by atoms with E-state index in [1.165, 1.54) is 11.3 Å². The van der Waals surface area contributed by atoms with Gasteiger partial charge in [0.1, 0.15) is 5.01 Å². The molecule has 1 aromatic heterocycles. The smallest absolute Gasteiger partial charge is 0.227 e. The van der Waals surface area contributed by atoms with Crippen LogP contribution in [-0.4, -0.2) is 33.5 Å². The number of benzene rings is 2. The van der Waals surface area contributed by atoms with Crippen molar-refractivity contribution in [2.75, 3.05) is 11.9 Å². The fourth-order valence-electron chi connectivity index (χ4n) is 4.19. The first-order chi connectivity index (χ1) is 15.6. The van der Waals surface area contributed by atoms with Crippen molar-refractivity contribution in [3.8, 4) is 10.6 Å². The summed E-state index contributed by atoms with van der Waals surface area (Å²) >= 11 is 1.34. The minimum Gasteiger partial charge on any atom is -0.335 e. The first-order valence-corrected chi connectivity index (χ1v) is 12.0. The molecular formula is C25H28N4O2S. The molecule has 1 atom stereocenters. The lowest BCUT2D eigenvalue weighted by Gasteiger charge is -2.32. The van der Waals surface area contributed by atoms with Crippen LogP contribution in [0.15, 0.2) is 60.7 Å². The molecule has 1 heterocycles. The Morgan fingerprint density at radius 3 is 2.38 bits per heavy atom. The number of rotatable bonds is 8. The molecule has 32 heavy (non-hydrogen) atoms. The fourth-order valence-corrected chi connectivity index (χ4v) is 4.95. The number of nitrogens with zero attached hydrogens (tertiary/aromatic N) is 3. The second-order valence-electron chi connectivity index (χ2n) is 8.18. The van der Waals surface area contributed by atoms with Gasteiger partial charge in [0.15, 0.2) is 0 Å². The van der Waals surface area contributed by atoms with Gasteiger partial charge in [-0.25, -0.2) is 0 Å². The molecule has 1 saturated carbocycles. The molecule has 3 aromatic rings. The summed E-state index contributed by atoms with van der Waals surface area (Å²) in [5.74, 6) is 0.0694. The first-order valence-electron chi connectivity index (χ1n) is 11.2. The standard InChI is InChI=1S/C25H28N4O2S/c1-18(19-10-4-2-5-11-19)29(24(31)21-14-8-9-15-21)17-16-22(30)26-25-28-27-23(32-25)20-12-6-3-7-13-20/h2-7,10-13,18,21H,8-9,14-17H2,1H3,(H,26,28,30)/t18-/m0/s1. The molecule has 4 rings (SSSR count). The zero-order chi connectivity index (χ0) is 22.3. The number of aromatic nitrogens is 2. The number of hydrogen-bond acceptors (Lipinski definition) is 5. The largest absolute Gasteiger partial charge is 0.335 e. The second kappa shape index (κ2) is 10.5. The highest BCUT2D eigenvalue weighted by Crippen LogP contribution is 2.31. The highest BCUT2D eigenvalue weighted by atomic mass is 32.1. The van der Waals surface area contributed by atoms with E-state index >= 15 is 0 Å². The van der Waals surface area contributed by atoms with Gasteiger partial charge in [-0.05, 0) is 25.3 Å². The molecule has 0 bridgehead atoms. The Kier molecular flexibility index (Phi) is 7.27. The van der Waals surface area contributed by atoms with Crippen LogP contribution in [0, 0.1) is 5.92 Å². The Balaban J connectivity index is 1.40. The van der Waals surface area contributed by atoms with Crippen molar-refractivity contribution in [2.45, 2.75) is 45.1 Å². The van der Waals surface area contributed by atoms with Crippen LogP contribution >= 0.6 is 11.3 Å². The molecule has 0 spiro atoms. The van der Waals surface area contributed by atoms with Crippen LogP contribution in [0.4, 0.5) is 5.13 Å². The summed E-state index contributed by atoms with van der Waals surface area (Å²) in [7, 11) is 0. The molecule has 0 aliphatic heterocycles. The molecule has 7 heteroatoms. The van der Waals surface area contributed by atoms with Gasteiger partial charge >= 0.3 is 0 Å². The lowest BCUT2D eigenvalue weighted by atomic mass is 10.0. The monoisotopic (exact) mass is 448 g/mol. The summed E-state index contributed by atoms with van der Waals surface area (Å²) in [6.45, 7) is 2.42. The number of amides is 2. The van der Waals surface area contributed by atoms with Gasteiger partial charge < -0.3 is 10.2 Å². The topological polar surface area (TPSA) is 75.2 Å². The molecule has 1 aliphatic carbocycles. The van der Waals surface area contributed by atoms with Gasteiger partial charge in [0.25, 0.3) is 0 Å². The minimum absolute atomic E-state index is 0.0702. The summed E-state index contributed by atoms with van der Waals surface area (Å²) < 4.78 is 0. The summed E-state index contributed by atoms with van der Waals surface area (Å²) in [5.41, 5.74) is 2.05. The van der Waals surface area contributed by atoms with E-state index in [1.54, 1.807) is 0 Å².